The van der Waals surface area contributed by atoms with Gasteiger partial charge in [0.15, 0.2) is 0 Å². The highest BCUT2D eigenvalue weighted by molar-refractivity contribution is 5.59. The quantitative estimate of drug-likeness (QED) is 0.614. The third kappa shape index (κ3) is 4.77. The third-order valence-electron chi connectivity index (χ3n) is 5.30. The van der Waals surface area contributed by atoms with Crippen molar-refractivity contribution in [3.8, 4) is 11.3 Å². The van der Waals surface area contributed by atoms with Crippen LogP contribution >= 0.6 is 0 Å². The van der Waals surface area contributed by atoms with Crippen molar-refractivity contribution in [1.82, 2.24) is 15.0 Å². The molecule has 1 saturated heterocycles. The minimum absolute atomic E-state index is 0.111. The highest BCUT2D eigenvalue weighted by Crippen LogP contribution is 2.38. The van der Waals surface area contributed by atoms with Gasteiger partial charge >= 0.3 is 6.18 Å². The summed E-state index contributed by atoms with van der Waals surface area (Å²) in [7, 11) is 0. The van der Waals surface area contributed by atoms with E-state index in [2.05, 4.69) is 20.3 Å². The van der Waals surface area contributed by atoms with Crippen LogP contribution in [-0.4, -0.2) is 39.3 Å². The van der Waals surface area contributed by atoms with E-state index >= 15 is 0 Å². The van der Waals surface area contributed by atoms with Gasteiger partial charge in [-0.25, -0.2) is 4.98 Å². The molecule has 1 aromatic carbocycles. The van der Waals surface area contributed by atoms with Crippen LogP contribution in [0.1, 0.15) is 24.0 Å². The van der Waals surface area contributed by atoms with E-state index in [0.29, 0.717) is 25.9 Å². The number of hydrogen-bond donors (Lipinski definition) is 2. The summed E-state index contributed by atoms with van der Waals surface area (Å²) >= 11 is 0. The Bertz CT molecular complexity index is 1010. The molecule has 1 aliphatic heterocycles. The van der Waals surface area contributed by atoms with Gasteiger partial charge in [-0.15, -0.1) is 0 Å². The number of anilines is 2. The highest BCUT2D eigenvalue weighted by Gasteiger charge is 2.39. The third-order valence-corrected chi connectivity index (χ3v) is 5.30. The second-order valence-corrected chi connectivity index (χ2v) is 7.37. The zero-order chi connectivity index (χ0) is 21.8. The topological polar surface area (TPSA) is 74.2 Å². The van der Waals surface area contributed by atoms with Crippen molar-refractivity contribution in [1.29, 1.82) is 0 Å². The number of nitrogens with zero attached hydrogens (tertiary/aromatic N) is 4. The molecule has 1 fully saturated rings. The Balaban J connectivity index is 1.52. The maximum absolute atomic E-state index is 13.5. The van der Waals surface area contributed by atoms with Gasteiger partial charge in [0.1, 0.15) is 11.4 Å². The number of aliphatic hydroxyl groups is 1. The molecule has 1 aliphatic rings. The van der Waals surface area contributed by atoms with Crippen LogP contribution in [0.3, 0.4) is 0 Å². The van der Waals surface area contributed by atoms with E-state index in [-0.39, 0.29) is 24.4 Å². The van der Waals surface area contributed by atoms with Gasteiger partial charge in [-0.1, -0.05) is 30.3 Å². The van der Waals surface area contributed by atoms with Crippen LogP contribution < -0.4 is 10.2 Å². The van der Waals surface area contributed by atoms with Gasteiger partial charge in [0, 0.05) is 31.0 Å². The summed E-state index contributed by atoms with van der Waals surface area (Å²) in [6, 6.07) is 13.0. The Morgan fingerprint density at radius 1 is 1.10 bits per heavy atom. The van der Waals surface area contributed by atoms with Gasteiger partial charge in [-0.2, -0.15) is 18.2 Å². The summed E-state index contributed by atoms with van der Waals surface area (Å²) in [6.45, 7) is 0.559. The molecular weight excluding hydrogens is 407 g/mol. The SMILES string of the molecule is OC[C@@H]1CCCN1c1nc(NCc2ccc(-c3ccccn3)cc2)ncc1C(F)(F)F. The fourth-order valence-electron chi connectivity index (χ4n) is 3.69. The molecular formula is C22H22F3N5O. The maximum atomic E-state index is 13.5. The number of hydrogen-bond acceptors (Lipinski definition) is 6. The van der Waals surface area contributed by atoms with Gasteiger partial charge in [0.2, 0.25) is 5.95 Å². The second kappa shape index (κ2) is 8.89. The van der Waals surface area contributed by atoms with E-state index in [1.54, 1.807) is 6.20 Å². The monoisotopic (exact) mass is 429 g/mol. The molecule has 0 unspecified atom stereocenters. The Morgan fingerprint density at radius 3 is 2.58 bits per heavy atom. The first-order chi connectivity index (χ1) is 15.0. The molecule has 3 heterocycles. The standard InChI is InChI=1S/C22H22F3N5O/c23-22(24,25)18-13-28-21(29-20(18)30-11-3-4-17(30)14-31)27-12-15-6-8-16(9-7-15)19-5-1-2-10-26-19/h1-2,5-10,13,17,31H,3-4,11-12,14H2,(H,27,28,29)/t17-/m0/s1. The van der Waals surface area contributed by atoms with Gasteiger partial charge in [-0.05, 0) is 30.5 Å². The Hall–Kier alpha value is -3.20. The average Bonchev–Trinajstić information content (AvgIpc) is 3.27. The van der Waals surface area contributed by atoms with Crippen molar-refractivity contribution < 1.29 is 18.3 Å². The Labute approximate surface area is 177 Å². The lowest BCUT2D eigenvalue weighted by molar-refractivity contribution is -0.137. The minimum Gasteiger partial charge on any atom is -0.394 e. The fraction of sp³-hybridized carbons (Fsp3) is 0.318. The zero-order valence-electron chi connectivity index (χ0n) is 16.7. The number of aliphatic hydroxyl groups excluding tert-OH is 1. The van der Waals surface area contributed by atoms with E-state index in [1.165, 1.54) is 4.90 Å². The van der Waals surface area contributed by atoms with Crippen LogP contribution in [0.25, 0.3) is 11.3 Å². The average molecular weight is 429 g/mol. The summed E-state index contributed by atoms with van der Waals surface area (Å²) in [6.07, 6.45) is -0.702. The Morgan fingerprint density at radius 2 is 1.90 bits per heavy atom. The van der Waals surface area contributed by atoms with Crippen LogP contribution in [-0.2, 0) is 12.7 Å². The highest BCUT2D eigenvalue weighted by atomic mass is 19.4. The molecule has 0 radical (unpaired) electrons. The molecule has 162 valence electrons. The summed E-state index contributed by atoms with van der Waals surface area (Å²) < 4.78 is 40.5. The first kappa shape index (κ1) is 21.0. The molecule has 2 aromatic heterocycles. The largest absolute Gasteiger partial charge is 0.421 e. The summed E-state index contributed by atoms with van der Waals surface area (Å²) in [5, 5.41) is 12.5. The van der Waals surface area contributed by atoms with Crippen LogP contribution in [0.15, 0.2) is 54.9 Å². The summed E-state index contributed by atoms with van der Waals surface area (Å²) in [5.41, 5.74) is 1.88. The molecule has 0 aliphatic carbocycles. The zero-order valence-corrected chi connectivity index (χ0v) is 16.7. The van der Waals surface area contributed by atoms with Crippen LogP contribution in [0.5, 0.6) is 0 Å². The second-order valence-electron chi connectivity index (χ2n) is 7.37. The number of halogens is 3. The molecule has 1 atom stereocenters. The van der Waals surface area contributed by atoms with E-state index in [4.69, 9.17) is 0 Å². The molecule has 3 aromatic rings. The molecule has 4 rings (SSSR count). The molecule has 31 heavy (non-hydrogen) atoms. The molecule has 6 nitrogen and oxygen atoms in total. The van der Waals surface area contributed by atoms with Crippen molar-refractivity contribution in [2.24, 2.45) is 0 Å². The first-order valence-electron chi connectivity index (χ1n) is 10.0. The lowest BCUT2D eigenvalue weighted by Crippen LogP contribution is -2.34. The van der Waals surface area contributed by atoms with Gasteiger partial charge in [0.05, 0.1) is 18.3 Å². The van der Waals surface area contributed by atoms with Crippen molar-refractivity contribution in [3.63, 3.8) is 0 Å². The number of benzene rings is 1. The van der Waals surface area contributed by atoms with Crippen LogP contribution in [0.4, 0.5) is 24.9 Å². The van der Waals surface area contributed by atoms with Crippen molar-refractivity contribution >= 4 is 11.8 Å². The molecule has 0 spiro atoms. The fourth-order valence-corrected chi connectivity index (χ4v) is 3.69. The van der Waals surface area contributed by atoms with E-state index in [0.717, 1.165) is 23.0 Å². The lowest BCUT2D eigenvalue weighted by atomic mass is 10.1. The number of rotatable bonds is 6. The molecule has 9 heteroatoms. The van der Waals surface area contributed by atoms with Crippen LogP contribution in [0, 0.1) is 0 Å². The molecule has 0 saturated carbocycles. The Kier molecular flexibility index (Phi) is 6.03. The van der Waals surface area contributed by atoms with Gasteiger partial charge in [0.25, 0.3) is 0 Å². The van der Waals surface area contributed by atoms with E-state index in [9.17, 15) is 18.3 Å². The van der Waals surface area contributed by atoms with Crippen molar-refractivity contribution in [2.45, 2.75) is 31.6 Å². The summed E-state index contributed by atoms with van der Waals surface area (Å²) in [4.78, 5) is 13.9. The maximum Gasteiger partial charge on any atom is 0.421 e. The van der Waals surface area contributed by atoms with E-state index in [1.807, 2.05) is 42.5 Å². The van der Waals surface area contributed by atoms with Crippen molar-refractivity contribution in [2.75, 3.05) is 23.4 Å². The van der Waals surface area contributed by atoms with E-state index < -0.39 is 11.7 Å². The number of pyridine rings is 1. The molecule has 0 amide bonds. The minimum atomic E-state index is -4.57. The number of alkyl halides is 3. The summed E-state index contributed by atoms with van der Waals surface area (Å²) in [5.74, 6) is -0.0764. The van der Waals surface area contributed by atoms with Gasteiger partial charge in [-0.3, -0.25) is 4.98 Å². The smallest absolute Gasteiger partial charge is 0.394 e. The first-order valence-corrected chi connectivity index (χ1v) is 10.0. The lowest BCUT2D eigenvalue weighted by Gasteiger charge is -2.27. The van der Waals surface area contributed by atoms with Crippen LogP contribution in [0.2, 0.25) is 0 Å². The number of aromatic nitrogens is 3. The van der Waals surface area contributed by atoms with Crippen molar-refractivity contribution in [3.05, 3.63) is 66.0 Å². The predicted molar refractivity (Wildman–Crippen MR) is 111 cm³/mol. The predicted octanol–water partition coefficient (Wildman–Crippen LogP) is 4.13. The number of nitrogens with one attached hydrogen (secondary N) is 1. The van der Waals surface area contributed by atoms with Gasteiger partial charge < -0.3 is 15.3 Å². The molecule has 0 bridgehead atoms. The molecule has 2 N–H and O–H groups in total. The normalized spacial score (nSPS) is 16.5.